The number of aromatic nitrogens is 6. The number of hydrogen-bond donors (Lipinski definition) is 1. The highest BCUT2D eigenvalue weighted by molar-refractivity contribution is 5.91. The first kappa shape index (κ1) is 22.4. The summed E-state index contributed by atoms with van der Waals surface area (Å²) >= 11 is 0. The second-order valence-corrected chi connectivity index (χ2v) is 8.16. The van der Waals surface area contributed by atoms with Gasteiger partial charge in [-0.2, -0.15) is 5.10 Å². The lowest BCUT2D eigenvalue weighted by molar-refractivity contribution is -0.129. The van der Waals surface area contributed by atoms with E-state index in [9.17, 15) is 18.0 Å². The minimum atomic E-state index is -2.74. The molecule has 1 saturated heterocycles. The number of benzene rings is 1. The summed E-state index contributed by atoms with van der Waals surface area (Å²) in [5.74, 6) is 4.54. The maximum absolute atomic E-state index is 14.7. The molecule has 0 aliphatic carbocycles. The first-order valence-electron chi connectivity index (χ1n) is 10.6. The number of aryl methyl sites for hydroxylation is 1. The van der Waals surface area contributed by atoms with Crippen molar-refractivity contribution in [1.82, 2.24) is 34.2 Å². The van der Waals surface area contributed by atoms with E-state index in [2.05, 4.69) is 38.5 Å². The molecule has 0 radical (unpaired) electrons. The SMILES string of the molecule is C=CC(=O)N1C[C@@H](n2nc(C#Cc3cc4ncn(C)c4cc3F)c3c(N)ncnc32)C[C@@H]1C(F)F. The topological polar surface area (TPSA) is 108 Å². The van der Waals surface area contributed by atoms with E-state index in [-0.39, 0.29) is 35.7 Å². The third-order valence-electron chi connectivity index (χ3n) is 6.06. The van der Waals surface area contributed by atoms with E-state index < -0.39 is 30.2 Å². The van der Waals surface area contributed by atoms with Gasteiger partial charge in [0.05, 0.1) is 40.4 Å². The number of nitrogen functional groups attached to an aromatic ring is 1. The van der Waals surface area contributed by atoms with Crippen LogP contribution in [0.2, 0.25) is 0 Å². The average Bonchev–Trinajstić information content (AvgIpc) is 3.53. The van der Waals surface area contributed by atoms with Crippen LogP contribution in [0.3, 0.4) is 0 Å². The number of fused-ring (bicyclic) bond motifs is 2. The fourth-order valence-electron chi connectivity index (χ4n) is 4.34. The van der Waals surface area contributed by atoms with Crippen molar-refractivity contribution in [3.05, 3.63) is 54.5 Å². The lowest BCUT2D eigenvalue weighted by Gasteiger charge is -2.21. The predicted molar refractivity (Wildman–Crippen MR) is 122 cm³/mol. The minimum Gasteiger partial charge on any atom is -0.383 e. The van der Waals surface area contributed by atoms with E-state index in [4.69, 9.17) is 5.73 Å². The fraction of sp³-hybridized carbons (Fsp3) is 0.261. The Kier molecular flexibility index (Phi) is 5.39. The van der Waals surface area contributed by atoms with Crippen molar-refractivity contribution in [3.8, 4) is 11.8 Å². The van der Waals surface area contributed by atoms with Crippen molar-refractivity contribution in [2.75, 3.05) is 12.3 Å². The molecule has 1 aromatic carbocycles. The van der Waals surface area contributed by atoms with Gasteiger partial charge in [0.15, 0.2) is 5.65 Å². The molecule has 12 heteroatoms. The van der Waals surface area contributed by atoms with E-state index >= 15 is 0 Å². The normalized spacial score (nSPS) is 17.8. The van der Waals surface area contributed by atoms with Crippen molar-refractivity contribution in [2.24, 2.45) is 7.05 Å². The van der Waals surface area contributed by atoms with Gasteiger partial charge in [0.1, 0.15) is 23.7 Å². The van der Waals surface area contributed by atoms with Crippen LogP contribution in [0.1, 0.15) is 23.7 Å². The number of alkyl halides is 2. The van der Waals surface area contributed by atoms with E-state index in [0.29, 0.717) is 16.4 Å². The van der Waals surface area contributed by atoms with Gasteiger partial charge < -0.3 is 15.2 Å². The Labute approximate surface area is 197 Å². The molecular weight excluding hydrogens is 461 g/mol. The van der Waals surface area contributed by atoms with Gasteiger partial charge in [0.2, 0.25) is 5.91 Å². The van der Waals surface area contributed by atoms with Gasteiger partial charge in [-0.15, -0.1) is 0 Å². The molecule has 1 aliphatic rings. The van der Waals surface area contributed by atoms with Crippen LogP contribution in [0, 0.1) is 17.7 Å². The number of anilines is 1. The number of amides is 1. The molecule has 2 atom stereocenters. The Morgan fingerprint density at radius 3 is 2.83 bits per heavy atom. The Balaban J connectivity index is 1.58. The molecule has 9 nitrogen and oxygen atoms in total. The van der Waals surface area contributed by atoms with E-state index in [0.717, 1.165) is 11.0 Å². The Bertz CT molecular complexity index is 1550. The predicted octanol–water partition coefficient (Wildman–Crippen LogP) is 2.43. The number of halogens is 3. The van der Waals surface area contributed by atoms with Gasteiger partial charge in [-0.1, -0.05) is 12.5 Å². The van der Waals surface area contributed by atoms with Crippen LogP contribution in [0.15, 0.2) is 37.4 Å². The van der Waals surface area contributed by atoms with Gasteiger partial charge in [-0.05, 0) is 24.5 Å². The van der Waals surface area contributed by atoms with E-state index in [1.54, 1.807) is 17.9 Å². The first-order chi connectivity index (χ1) is 16.8. The molecule has 178 valence electrons. The van der Waals surface area contributed by atoms with Crippen molar-refractivity contribution in [1.29, 1.82) is 0 Å². The zero-order valence-corrected chi connectivity index (χ0v) is 18.5. The number of nitrogens with zero attached hydrogens (tertiary/aromatic N) is 7. The lowest BCUT2D eigenvalue weighted by Crippen LogP contribution is -2.38. The summed E-state index contributed by atoms with van der Waals surface area (Å²) in [6.07, 6.45) is 1.02. The molecule has 1 fully saturated rings. The molecule has 5 rings (SSSR count). The number of likely N-dealkylation sites (tertiary alicyclic amines) is 1. The summed E-state index contributed by atoms with van der Waals surface area (Å²) in [5.41, 5.74) is 7.82. The summed E-state index contributed by atoms with van der Waals surface area (Å²) in [7, 11) is 1.76. The standard InChI is InChI=1S/C23H19F3N8O/c1-3-19(35)33-9-13(7-18(33)21(25)26)34-23-20(22(27)28-10-29-23)15(31-34)5-4-12-6-16-17(8-14(12)24)32(2)11-30-16/h3,6,8,10-11,13,18,21H,1,7,9H2,2H3,(H2,27,28,29)/t13-,18+/m0/s1. The molecule has 1 aliphatic heterocycles. The zero-order valence-electron chi connectivity index (χ0n) is 18.5. The van der Waals surface area contributed by atoms with Crippen molar-refractivity contribution >= 4 is 33.8 Å². The molecular formula is C23H19F3N8O. The minimum absolute atomic E-state index is 0.0155. The highest BCUT2D eigenvalue weighted by Gasteiger charge is 2.41. The number of carbonyl (C=O) groups is 1. The van der Waals surface area contributed by atoms with Gasteiger partial charge in [-0.3, -0.25) is 4.79 Å². The molecule has 3 aromatic heterocycles. The highest BCUT2D eigenvalue weighted by atomic mass is 19.3. The molecule has 2 N–H and O–H groups in total. The quantitative estimate of drug-likeness (QED) is 0.357. The number of rotatable bonds is 3. The number of carbonyl (C=O) groups excluding carboxylic acids is 1. The fourth-order valence-corrected chi connectivity index (χ4v) is 4.34. The van der Waals surface area contributed by atoms with E-state index in [1.165, 1.54) is 23.1 Å². The van der Waals surface area contributed by atoms with Crippen LogP contribution < -0.4 is 5.73 Å². The molecule has 4 aromatic rings. The number of imidazole rings is 1. The van der Waals surface area contributed by atoms with Crippen LogP contribution in [-0.2, 0) is 11.8 Å². The van der Waals surface area contributed by atoms with Crippen LogP contribution in [-0.4, -0.2) is 59.1 Å². The Morgan fingerprint density at radius 2 is 2.09 bits per heavy atom. The Morgan fingerprint density at radius 1 is 1.29 bits per heavy atom. The molecule has 0 saturated carbocycles. The highest BCUT2D eigenvalue weighted by Crippen LogP contribution is 2.34. The van der Waals surface area contributed by atoms with Crippen molar-refractivity contribution in [3.63, 3.8) is 0 Å². The van der Waals surface area contributed by atoms with E-state index in [1.807, 2.05) is 0 Å². The summed E-state index contributed by atoms with van der Waals surface area (Å²) in [6.45, 7) is 3.38. The summed E-state index contributed by atoms with van der Waals surface area (Å²) in [6, 6.07) is 0.971. The average molecular weight is 480 g/mol. The monoisotopic (exact) mass is 480 g/mol. The third-order valence-corrected chi connectivity index (χ3v) is 6.06. The van der Waals surface area contributed by atoms with Crippen molar-refractivity contribution < 1.29 is 18.0 Å². The maximum atomic E-state index is 14.7. The zero-order chi connectivity index (χ0) is 24.9. The lowest BCUT2D eigenvalue weighted by atomic mass is 10.1. The maximum Gasteiger partial charge on any atom is 0.258 e. The van der Waals surface area contributed by atoms with Crippen LogP contribution >= 0.6 is 0 Å². The van der Waals surface area contributed by atoms with Gasteiger partial charge in [-0.25, -0.2) is 32.8 Å². The second kappa shape index (κ2) is 8.43. The Hall–Kier alpha value is -4.40. The largest absolute Gasteiger partial charge is 0.383 e. The summed E-state index contributed by atoms with van der Waals surface area (Å²) in [4.78, 5) is 25.6. The summed E-state index contributed by atoms with van der Waals surface area (Å²) in [5, 5.41) is 4.79. The van der Waals surface area contributed by atoms with Crippen LogP contribution in [0.25, 0.3) is 22.1 Å². The molecule has 1 amide bonds. The number of hydrogen-bond acceptors (Lipinski definition) is 6. The van der Waals surface area contributed by atoms with Gasteiger partial charge in [0.25, 0.3) is 6.43 Å². The molecule has 35 heavy (non-hydrogen) atoms. The van der Waals surface area contributed by atoms with Crippen LogP contribution in [0.5, 0.6) is 0 Å². The molecule has 0 spiro atoms. The first-order valence-corrected chi connectivity index (χ1v) is 10.6. The van der Waals surface area contributed by atoms with Gasteiger partial charge in [0, 0.05) is 19.7 Å². The van der Waals surface area contributed by atoms with Crippen molar-refractivity contribution in [2.45, 2.75) is 24.9 Å². The third kappa shape index (κ3) is 3.74. The summed E-state index contributed by atoms with van der Waals surface area (Å²) < 4.78 is 45.1. The number of nitrogens with two attached hydrogens (primary N) is 1. The second-order valence-electron chi connectivity index (χ2n) is 8.16. The van der Waals surface area contributed by atoms with Gasteiger partial charge >= 0.3 is 0 Å². The smallest absolute Gasteiger partial charge is 0.258 e. The molecule has 0 unspecified atom stereocenters. The van der Waals surface area contributed by atoms with Crippen LogP contribution in [0.4, 0.5) is 19.0 Å². The molecule has 0 bridgehead atoms. The molecule has 4 heterocycles.